The lowest BCUT2D eigenvalue weighted by molar-refractivity contribution is 0.0741. The molecule has 144 valence electrons. The van der Waals surface area contributed by atoms with Crippen molar-refractivity contribution < 1.29 is 4.79 Å². The van der Waals surface area contributed by atoms with Crippen molar-refractivity contribution in [3.63, 3.8) is 0 Å². The number of rotatable bonds is 5. The lowest BCUT2D eigenvalue weighted by Gasteiger charge is -2.37. The summed E-state index contributed by atoms with van der Waals surface area (Å²) < 4.78 is 0. The van der Waals surface area contributed by atoms with Gasteiger partial charge in [-0.3, -0.25) is 4.79 Å². The number of carbonyl (C=O) groups is 1. The minimum Gasteiger partial charge on any atom is -0.368 e. The van der Waals surface area contributed by atoms with E-state index in [0.717, 1.165) is 19.5 Å². The zero-order valence-electron chi connectivity index (χ0n) is 16.7. The van der Waals surface area contributed by atoms with Gasteiger partial charge in [-0.05, 0) is 50.5 Å². The fourth-order valence-corrected chi connectivity index (χ4v) is 3.26. The minimum atomic E-state index is -0.0229. The van der Waals surface area contributed by atoms with Crippen LogP contribution in [0.5, 0.6) is 0 Å². The van der Waals surface area contributed by atoms with Gasteiger partial charge in [-0.15, -0.1) is 0 Å². The first-order valence-electron chi connectivity index (χ1n) is 9.69. The van der Waals surface area contributed by atoms with Crippen LogP contribution < -0.4 is 10.2 Å². The Bertz CT molecular complexity index is 799. The van der Waals surface area contributed by atoms with E-state index in [-0.39, 0.29) is 11.9 Å². The third-order valence-electron chi connectivity index (χ3n) is 5.35. The molecule has 1 aliphatic rings. The van der Waals surface area contributed by atoms with Gasteiger partial charge in [-0.25, -0.2) is 9.97 Å². The molecule has 1 atom stereocenters. The van der Waals surface area contributed by atoms with Crippen LogP contribution in [0.1, 0.15) is 41.9 Å². The lowest BCUT2D eigenvalue weighted by atomic mass is 10.1. The number of anilines is 2. The second-order valence-electron chi connectivity index (χ2n) is 7.22. The normalized spacial score (nSPS) is 15.6. The van der Waals surface area contributed by atoms with E-state index in [1.807, 2.05) is 4.90 Å². The number of carbonyl (C=O) groups excluding carboxylic acids is 1. The number of hydrogen-bond donors (Lipinski definition) is 1. The maximum atomic E-state index is 12.9. The predicted molar refractivity (Wildman–Crippen MR) is 109 cm³/mol. The molecule has 1 aromatic carbocycles. The molecule has 0 bridgehead atoms. The minimum absolute atomic E-state index is 0.0229. The second kappa shape index (κ2) is 8.37. The van der Waals surface area contributed by atoms with Crippen LogP contribution in [0.25, 0.3) is 0 Å². The van der Waals surface area contributed by atoms with Crippen LogP contribution in [0.4, 0.5) is 11.6 Å². The summed E-state index contributed by atoms with van der Waals surface area (Å²) in [6, 6.07) is 8.37. The lowest BCUT2D eigenvalue weighted by Crippen LogP contribution is -2.49. The Balaban J connectivity index is 1.65. The molecule has 1 aromatic heterocycles. The second-order valence-corrected chi connectivity index (χ2v) is 7.22. The molecule has 2 aromatic rings. The van der Waals surface area contributed by atoms with Gasteiger partial charge in [0.2, 0.25) is 5.95 Å². The molecule has 6 heteroatoms. The van der Waals surface area contributed by atoms with E-state index < -0.39 is 0 Å². The Morgan fingerprint density at radius 3 is 2.63 bits per heavy atom. The molecule has 1 unspecified atom stereocenters. The van der Waals surface area contributed by atoms with Crippen molar-refractivity contribution in [3.8, 4) is 0 Å². The van der Waals surface area contributed by atoms with Crippen LogP contribution in [0, 0.1) is 13.8 Å². The molecule has 1 fully saturated rings. The summed E-state index contributed by atoms with van der Waals surface area (Å²) in [5.74, 6) is 0.495. The molecule has 27 heavy (non-hydrogen) atoms. The van der Waals surface area contributed by atoms with Gasteiger partial charge in [-0.2, -0.15) is 0 Å². The number of benzene rings is 1. The fourth-order valence-electron chi connectivity index (χ4n) is 3.26. The average molecular weight is 367 g/mol. The standard InChI is InChI=1S/C21H29N5O/c1-5-16(3)23-21-22-10-9-18(24-21)20(27)26-13-11-25(12-14-26)19-8-6-7-15(2)17(19)4/h6-10,16H,5,11-14H2,1-4H3,(H,22,23,24). The van der Waals surface area contributed by atoms with Crippen molar-refractivity contribution in [2.75, 3.05) is 36.4 Å². The summed E-state index contributed by atoms with van der Waals surface area (Å²) in [5.41, 5.74) is 4.34. The summed E-state index contributed by atoms with van der Waals surface area (Å²) in [4.78, 5) is 25.7. The monoisotopic (exact) mass is 367 g/mol. The number of aromatic nitrogens is 2. The molecule has 1 N–H and O–H groups in total. The molecule has 0 saturated carbocycles. The van der Waals surface area contributed by atoms with Crippen LogP contribution in [0.3, 0.4) is 0 Å². The van der Waals surface area contributed by atoms with E-state index in [0.29, 0.717) is 24.7 Å². The van der Waals surface area contributed by atoms with Crippen molar-refractivity contribution in [3.05, 3.63) is 47.3 Å². The number of amides is 1. The summed E-state index contributed by atoms with van der Waals surface area (Å²) in [6.45, 7) is 11.5. The van der Waals surface area contributed by atoms with Gasteiger partial charge < -0.3 is 15.1 Å². The Morgan fingerprint density at radius 2 is 1.93 bits per heavy atom. The van der Waals surface area contributed by atoms with Crippen LogP contribution in [-0.2, 0) is 0 Å². The maximum absolute atomic E-state index is 12.9. The van der Waals surface area contributed by atoms with E-state index >= 15 is 0 Å². The van der Waals surface area contributed by atoms with Crippen LogP contribution in [-0.4, -0.2) is 53.0 Å². The molecule has 3 rings (SSSR count). The Labute approximate surface area is 161 Å². The number of hydrogen-bond acceptors (Lipinski definition) is 5. The van der Waals surface area contributed by atoms with Gasteiger partial charge in [0.05, 0.1) is 0 Å². The number of aryl methyl sites for hydroxylation is 1. The molecule has 0 aliphatic carbocycles. The summed E-state index contributed by atoms with van der Waals surface area (Å²) in [5, 5.41) is 3.23. The van der Waals surface area contributed by atoms with E-state index in [1.165, 1.54) is 16.8 Å². The average Bonchev–Trinajstić information content (AvgIpc) is 2.70. The largest absolute Gasteiger partial charge is 0.368 e. The summed E-state index contributed by atoms with van der Waals surface area (Å²) >= 11 is 0. The van der Waals surface area contributed by atoms with Crippen molar-refractivity contribution in [1.29, 1.82) is 0 Å². The van der Waals surface area contributed by atoms with Crippen LogP contribution >= 0.6 is 0 Å². The van der Waals surface area contributed by atoms with E-state index in [9.17, 15) is 4.79 Å². The van der Waals surface area contributed by atoms with Crippen molar-refractivity contribution in [2.45, 2.75) is 40.2 Å². The van der Waals surface area contributed by atoms with Gasteiger partial charge in [0.1, 0.15) is 5.69 Å². The molecule has 1 aliphatic heterocycles. The Hall–Kier alpha value is -2.63. The van der Waals surface area contributed by atoms with E-state index in [4.69, 9.17) is 0 Å². The highest BCUT2D eigenvalue weighted by Crippen LogP contribution is 2.24. The maximum Gasteiger partial charge on any atom is 0.272 e. The van der Waals surface area contributed by atoms with Crippen LogP contribution in [0.15, 0.2) is 30.5 Å². The Morgan fingerprint density at radius 1 is 1.19 bits per heavy atom. The molecular formula is C21H29N5O. The highest BCUT2D eigenvalue weighted by molar-refractivity contribution is 5.92. The van der Waals surface area contributed by atoms with Gasteiger partial charge in [0, 0.05) is 44.1 Å². The van der Waals surface area contributed by atoms with Crippen molar-refractivity contribution >= 4 is 17.5 Å². The highest BCUT2D eigenvalue weighted by atomic mass is 16.2. The topological polar surface area (TPSA) is 61.4 Å². The van der Waals surface area contributed by atoms with Crippen molar-refractivity contribution in [2.24, 2.45) is 0 Å². The van der Waals surface area contributed by atoms with E-state index in [2.05, 4.69) is 66.1 Å². The van der Waals surface area contributed by atoms with Gasteiger partial charge in [-0.1, -0.05) is 19.1 Å². The highest BCUT2D eigenvalue weighted by Gasteiger charge is 2.24. The zero-order chi connectivity index (χ0) is 19.4. The number of nitrogens with one attached hydrogen (secondary N) is 1. The van der Waals surface area contributed by atoms with Gasteiger partial charge in [0.15, 0.2) is 0 Å². The first kappa shape index (κ1) is 19.1. The van der Waals surface area contributed by atoms with Gasteiger partial charge >= 0.3 is 0 Å². The van der Waals surface area contributed by atoms with Gasteiger partial charge in [0.25, 0.3) is 5.91 Å². The third kappa shape index (κ3) is 4.38. The smallest absolute Gasteiger partial charge is 0.272 e. The molecule has 6 nitrogen and oxygen atoms in total. The molecule has 1 saturated heterocycles. The SMILES string of the molecule is CCC(C)Nc1nccc(C(=O)N2CCN(c3cccc(C)c3C)CC2)n1. The molecule has 0 radical (unpaired) electrons. The van der Waals surface area contributed by atoms with E-state index in [1.54, 1.807) is 12.3 Å². The fraction of sp³-hybridized carbons (Fsp3) is 0.476. The first-order valence-corrected chi connectivity index (χ1v) is 9.69. The molecular weight excluding hydrogens is 338 g/mol. The predicted octanol–water partition coefficient (Wildman–Crippen LogP) is 3.27. The van der Waals surface area contributed by atoms with Crippen LogP contribution in [0.2, 0.25) is 0 Å². The molecule has 0 spiro atoms. The number of nitrogens with zero attached hydrogens (tertiary/aromatic N) is 4. The third-order valence-corrected chi connectivity index (χ3v) is 5.35. The number of piperazine rings is 1. The summed E-state index contributed by atoms with van der Waals surface area (Å²) in [7, 11) is 0. The summed E-state index contributed by atoms with van der Waals surface area (Å²) in [6.07, 6.45) is 2.62. The molecule has 2 heterocycles. The molecule has 1 amide bonds. The first-order chi connectivity index (χ1) is 13.0. The Kier molecular flexibility index (Phi) is 5.94. The zero-order valence-corrected chi connectivity index (χ0v) is 16.7. The quantitative estimate of drug-likeness (QED) is 0.879. The van der Waals surface area contributed by atoms with Crippen molar-refractivity contribution in [1.82, 2.24) is 14.9 Å².